The summed E-state index contributed by atoms with van der Waals surface area (Å²) in [7, 11) is 2.08. The molecule has 1 aromatic heterocycles. The van der Waals surface area contributed by atoms with Crippen LogP contribution in [0.15, 0.2) is 36.4 Å². The Hall–Kier alpha value is -2.49. The van der Waals surface area contributed by atoms with Crippen LogP contribution in [0.5, 0.6) is 0 Å². The van der Waals surface area contributed by atoms with Gasteiger partial charge in [0, 0.05) is 12.6 Å². The van der Waals surface area contributed by atoms with Crippen molar-refractivity contribution in [2.24, 2.45) is 7.05 Å². The van der Waals surface area contributed by atoms with Gasteiger partial charge >= 0.3 is 0 Å². The van der Waals surface area contributed by atoms with Gasteiger partial charge in [-0.2, -0.15) is 0 Å². The number of fused-ring (bicyclic) bond motifs is 2. The first-order chi connectivity index (χ1) is 11.2. The highest BCUT2D eigenvalue weighted by atomic mass is 15.2. The van der Waals surface area contributed by atoms with E-state index in [-0.39, 0.29) is 0 Å². The molecule has 0 saturated heterocycles. The molecule has 4 heteroatoms. The number of anilines is 2. The number of rotatable bonds is 3. The molecule has 1 atom stereocenters. The summed E-state index contributed by atoms with van der Waals surface area (Å²) in [6.45, 7) is 4.37. The number of hydrogen-bond acceptors (Lipinski definition) is 3. The molecule has 2 heterocycles. The van der Waals surface area contributed by atoms with E-state index in [0.717, 1.165) is 35.3 Å². The second kappa shape index (κ2) is 5.30. The third-order valence-corrected chi connectivity index (χ3v) is 4.61. The summed E-state index contributed by atoms with van der Waals surface area (Å²) >= 11 is 0. The molecule has 2 N–H and O–H groups in total. The molecule has 0 radical (unpaired) electrons. The van der Waals surface area contributed by atoms with Crippen LogP contribution in [0.4, 0.5) is 11.4 Å². The van der Waals surface area contributed by atoms with Crippen molar-refractivity contribution in [3.8, 4) is 11.4 Å². The van der Waals surface area contributed by atoms with Crippen molar-refractivity contribution in [1.82, 2.24) is 9.55 Å². The maximum Gasteiger partial charge on any atom is 0.140 e. The van der Waals surface area contributed by atoms with Crippen molar-refractivity contribution >= 4 is 22.4 Å². The highest BCUT2D eigenvalue weighted by Crippen LogP contribution is 2.37. The van der Waals surface area contributed by atoms with Crippen LogP contribution in [0.1, 0.15) is 25.3 Å². The van der Waals surface area contributed by atoms with E-state index < -0.39 is 0 Å². The lowest BCUT2D eigenvalue weighted by molar-refractivity contribution is 0.717. The van der Waals surface area contributed by atoms with Gasteiger partial charge in [0.2, 0.25) is 0 Å². The summed E-state index contributed by atoms with van der Waals surface area (Å²) in [6.07, 6.45) is 2.62. The number of nitrogens with zero attached hydrogens (tertiary/aromatic N) is 2. The molecule has 1 aliphatic heterocycles. The van der Waals surface area contributed by atoms with Crippen LogP contribution >= 0.6 is 0 Å². The molecule has 23 heavy (non-hydrogen) atoms. The van der Waals surface area contributed by atoms with Gasteiger partial charge in [0.25, 0.3) is 0 Å². The van der Waals surface area contributed by atoms with Gasteiger partial charge in [-0.1, -0.05) is 25.5 Å². The largest absolute Gasteiger partial charge is 0.364 e. The van der Waals surface area contributed by atoms with Gasteiger partial charge in [-0.15, -0.1) is 0 Å². The maximum absolute atomic E-state index is 4.82. The topological polar surface area (TPSA) is 41.9 Å². The zero-order chi connectivity index (χ0) is 16.0. The van der Waals surface area contributed by atoms with Crippen molar-refractivity contribution in [3.63, 3.8) is 0 Å². The number of aryl methyl sites for hydroxylation is 2. The number of imidazole rings is 1. The summed E-state index contributed by atoms with van der Waals surface area (Å²) in [4.78, 5) is 4.82. The average Bonchev–Trinajstić information content (AvgIpc) is 3.10. The summed E-state index contributed by atoms with van der Waals surface area (Å²) in [5, 5.41) is 7.18. The molecule has 0 aliphatic carbocycles. The quantitative estimate of drug-likeness (QED) is 0.748. The zero-order valence-electron chi connectivity index (χ0n) is 13.9. The molecular formula is C19H22N4. The molecule has 0 bridgehead atoms. The molecule has 2 aromatic carbocycles. The lowest BCUT2D eigenvalue weighted by Gasteiger charge is -2.10. The van der Waals surface area contributed by atoms with Crippen molar-refractivity contribution in [1.29, 1.82) is 0 Å². The fourth-order valence-corrected chi connectivity index (χ4v) is 3.46. The van der Waals surface area contributed by atoms with Crippen LogP contribution in [0.2, 0.25) is 0 Å². The Morgan fingerprint density at radius 2 is 2.00 bits per heavy atom. The SMILES string of the molecule is CCCC1Nc2cc(-c3nc4ccccc4n3C)cc(C)c2N1. The first-order valence-electron chi connectivity index (χ1n) is 8.27. The normalized spacial score (nSPS) is 16.2. The minimum Gasteiger partial charge on any atom is -0.364 e. The van der Waals surface area contributed by atoms with Crippen LogP contribution in [-0.2, 0) is 7.05 Å². The molecule has 118 valence electrons. The second-order valence-electron chi connectivity index (χ2n) is 6.33. The van der Waals surface area contributed by atoms with Gasteiger partial charge in [-0.25, -0.2) is 4.98 Å². The lowest BCUT2D eigenvalue weighted by atomic mass is 10.1. The molecule has 3 aromatic rings. The Kier molecular flexibility index (Phi) is 3.26. The van der Waals surface area contributed by atoms with E-state index in [0.29, 0.717) is 6.17 Å². The van der Waals surface area contributed by atoms with Gasteiger partial charge in [-0.3, -0.25) is 0 Å². The van der Waals surface area contributed by atoms with E-state index in [1.165, 1.54) is 16.9 Å². The molecule has 4 nitrogen and oxygen atoms in total. The Bertz CT molecular complexity index is 878. The second-order valence-corrected chi connectivity index (χ2v) is 6.33. The number of aromatic nitrogens is 2. The minimum atomic E-state index is 0.337. The Balaban J connectivity index is 1.80. The van der Waals surface area contributed by atoms with Crippen LogP contribution in [0.3, 0.4) is 0 Å². The minimum absolute atomic E-state index is 0.337. The van der Waals surface area contributed by atoms with Gasteiger partial charge < -0.3 is 15.2 Å². The van der Waals surface area contributed by atoms with E-state index in [1.807, 2.05) is 6.07 Å². The highest BCUT2D eigenvalue weighted by Gasteiger charge is 2.22. The molecule has 1 aliphatic rings. The summed E-state index contributed by atoms with van der Waals surface area (Å²) in [5.74, 6) is 1.01. The predicted octanol–water partition coefficient (Wildman–Crippen LogP) is 4.51. The number of nitrogens with one attached hydrogen (secondary N) is 2. The molecule has 1 unspecified atom stereocenters. The van der Waals surface area contributed by atoms with Crippen molar-refractivity contribution in [2.75, 3.05) is 10.6 Å². The number of hydrogen-bond donors (Lipinski definition) is 2. The maximum atomic E-state index is 4.82. The average molecular weight is 306 g/mol. The standard InChI is InChI=1S/C19H22N4/c1-4-7-17-20-15-11-13(10-12(2)18(15)22-17)19-21-14-8-5-6-9-16(14)23(19)3/h5-6,8-11,17,20,22H,4,7H2,1-3H3. The zero-order valence-corrected chi connectivity index (χ0v) is 13.9. The first-order valence-corrected chi connectivity index (χ1v) is 8.27. The van der Waals surface area contributed by atoms with Crippen molar-refractivity contribution in [3.05, 3.63) is 42.0 Å². The van der Waals surface area contributed by atoms with E-state index >= 15 is 0 Å². The van der Waals surface area contributed by atoms with Crippen LogP contribution < -0.4 is 10.6 Å². The van der Waals surface area contributed by atoms with Crippen molar-refractivity contribution in [2.45, 2.75) is 32.9 Å². The Morgan fingerprint density at radius 3 is 2.78 bits per heavy atom. The molecular weight excluding hydrogens is 284 g/mol. The third-order valence-electron chi connectivity index (χ3n) is 4.61. The van der Waals surface area contributed by atoms with Gasteiger partial charge in [0.1, 0.15) is 5.82 Å². The van der Waals surface area contributed by atoms with E-state index in [9.17, 15) is 0 Å². The van der Waals surface area contributed by atoms with Gasteiger partial charge in [-0.05, 0) is 43.2 Å². The Morgan fingerprint density at radius 1 is 1.17 bits per heavy atom. The molecule has 0 fully saturated rings. The van der Waals surface area contributed by atoms with Crippen molar-refractivity contribution < 1.29 is 0 Å². The summed E-state index contributed by atoms with van der Waals surface area (Å²) in [5.41, 5.74) is 7.03. The molecule has 0 spiro atoms. The van der Waals surface area contributed by atoms with E-state index in [2.05, 4.69) is 66.4 Å². The summed E-state index contributed by atoms with van der Waals surface area (Å²) < 4.78 is 2.17. The van der Waals surface area contributed by atoms with Crippen LogP contribution in [-0.4, -0.2) is 15.7 Å². The van der Waals surface area contributed by atoms with Crippen LogP contribution in [0.25, 0.3) is 22.4 Å². The molecule has 0 saturated carbocycles. The fourth-order valence-electron chi connectivity index (χ4n) is 3.46. The van der Waals surface area contributed by atoms with Gasteiger partial charge in [0.15, 0.2) is 0 Å². The monoisotopic (exact) mass is 306 g/mol. The van der Waals surface area contributed by atoms with Gasteiger partial charge in [0.05, 0.1) is 28.6 Å². The molecule has 0 amide bonds. The Labute approximate surface area is 136 Å². The third kappa shape index (κ3) is 2.25. The number of benzene rings is 2. The summed E-state index contributed by atoms with van der Waals surface area (Å²) in [6, 6.07) is 12.7. The van der Waals surface area contributed by atoms with E-state index in [4.69, 9.17) is 4.98 Å². The first kappa shape index (κ1) is 14.1. The fraction of sp³-hybridized carbons (Fsp3) is 0.316. The van der Waals surface area contributed by atoms with Crippen LogP contribution in [0, 0.1) is 6.92 Å². The smallest absolute Gasteiger partial charge is 0.140 e. The highest BCUT2D eigenvalue weighted by molar-refractivity contribution is 5.85. The lowest BCUT2D eigenvalue weighted by Crippen LogP contribution is -2.21. The van der Waals surface area contributed by atoms with E-state index in [1.54, 1.807) is 0 Å². The predicted molar refractivity (Wildman–Crippen MR) is 96.8 cm³/mol. The molecule has 4 rings (SSSR count). The number of para-hydroxylation sites is 2.